The average Bonchev–Trinajstić information content (AvgIpc) is 3.10. The van der Waals surface area contributed by atoms with E-state index in [-0.39, 0.29) is 48.0 Å². The van der Waals surface area contributed by atoms with Crippen LogP contribution in [0, 0.1) is 0 Å². The van der Waals surface area contributed by atoms with Gasteiger partial charge in [0.25, 0.3) is 0 Å². The lowest BCUT2D eigenvalue weighted by molar-refractivity contribution is -1.31. The van der Waals surface area contributed by atoms with Crippen molar-refractivity contribution < 1.29 is 54.0 Å². The van der Waals surface area contributed by atoms with Crippen molar-refractivity contribution in [1.29, 1.82) is 0 Å². The molecule has 0 aromatic carbocycles. The maximum atomic E-state index is 2.78. The van der Waals surface area contributed by atoms with E-state index in [1.165, 1.54) is 201 Å². The Kier molecular flexibility index (Phi) is 35.0. The zero-order valence-corrected chi connectivity index (χ0v) is 45.7. The second-order valence-electron chi connectivity index (χ2n) is 14.1. The maximum absolute atomic E-state index is 2.78. The molecule has 6 fully saturated rings. The van der Waals surface area contributed by atoms with E-state index in [2.05, 4.69) is 149 Å². The summed E-state index contributed by atoms with van der Waals surface area (Å²) in [6.45, 7) is 32.1. The van der Waals surface area contributed by atoms with E-state index in [0.717, 1.165) is 0 Å². The van der Waals surface area contributed by atoms with Gasteiger partial charge in [-0.1, -0.05) is 71.9 Å². The number of quaternary nitrogens is 2. The van der Waals surface area contributed by atoms with Gasteiger partial charge in [0.1, 0.15) is 13.3 Å². The Bertz CT molecular complexity index is 721. The Morgan fingerprint density at radius 1 is 0.542 bits per heavy atom. The third-order valence-electron chi connectivity index (χ3n) is 10.4. The van der Waals surface area contributed by atoms with Crippen LogP contribution in [0.25, 0.3) is 0 Å². The van der Waals surface area contributed by atoms with E-state index in [0.29, 0.717) is 0 Å². The highest BCUT2D eigenvalue weighted by Gasteiger charge is 2.37. The summed E-state index contributed by atoms with van der Waals surface area (Å²) in [7, 11) is 0. The monoisotopic (exact) mass is 1470 g/mol. The summed E-state index contributed by atoms with van der Waals surface area (Å²) in [6, 6.07) is 0. The van der Waals surface area contributed by atoms with Crippen LogP contribution in [0.4, 0.5) is 0 Å². The SMILES string of the molecule is C1CN2CCN3CCCN(CCN(C1)C2)C3.CCCCI.CCCC[N+]12CCCN(CC[N+]3([I-])CCCN(CC1)C3)C2.CI.I.II.[I-]. The standard InChI is InChI=1S/C16H33IN4.C12H24N4.C4H9I.CH3I.I2.2HI/c1-2-3-10-20-11-4-6-18(15-20)9-14-21(17)12-5-7-19(16-21)8-13-20;1-3-13-7-9-15-5-2-6-16(12-15)10-8-14(4-1)11-13;1-2-3-4-5;2*1-2;;/h2-16H2,1H3;1-12H2;2-4H2,1H3;1H3;;2*1H/q+1;;;;;;/p-1. The average molecular weight is 1470 g/mol. The predicted molar refractivity (Wildman–Crippen MR) is 244 cm³/mol. The van der Waals surface area contributed by atoms with Crippen LogP contribution >= 0.6 is 106 Å². The molecular weight excluding hydrogens is 1400 g/mol. The van der Waals surface area contributed by atoms with Gasteiger partial charge in [-0.05, 0) is 35.0 Å². The topological polar surface area (TPSA) is 19.4 Å². The number of fused-ring (bicyclic) bond motifs is 8. The van der Waals surface area contributed by atoms with Crippen molar-refractivity contribution in [2.24, 2.45) is 0 Å². The fourth-order valence-corrected chi connectivity index (χ4v) is 9.53. The molecule has 0 aromatic rings. The Balaban J connectivity index is 0.000000729. The number of alkyl halides is 2. The summed E-state index contributed by atoms with van der Waals surface area (Å²) >= 11 is 11.5. The minimum Gasteiger partial charge on any atom is -1.00 e. The van der Waals surface area contributed by atoms with Gasteiger partial charge in [-0.25, -0.2) is 0 Å². The highest BCUT2D eigenvalue weighted by atomic mass is 128. The number of hydrogen-bond donors (Lipinski definition) is 0. The molecule has 0 amide bonds. The molecule has 8 nitrogen and oxygen atoms in total. The number of halogens is 7. The van der Waals surface area contributed by atoms with Crippen molar-refractivity contribution in [2.45, 2.75) is 65.2 Å². The lowest BCUT2D eigenvalue weighted by atomic mass is 10.1. The van der Waals surface area contributed by atoms with Crippen LogP contribution in [-0.4, -0.2) is 184 Å². The first-order chi connectivity index (χ1) is 22.4. The van der Waals surface area contributed by atoms with Gasteiger partial charge in [-0.2, -0.15) is 0 Å². The first-order valence-corrected chi connectivity index (χ1v) is 29.2. The smallest absolute Gasteiger partial charge is 0.135 e. The normalized spacial score (nSPS) is 35.5. The van der Waals surface area contributed by atoms with Gasteiger partial charge < -0.3 is 54.0 Å². The van der Waals surface area contributed by atoms with E-state index in [1.807, 2.05) is 4.93 Å². The van der Waals surface area contributed by atoms with E-state index in [4.69, 9.17) is 0 Å². The zero-order chi connectivity index (χ0) is 33.7. The Morgan fingerprint density at radius 2 is 0.979 bits per heavy atom. The largest absolute Gasteiger partial charge is 1.00 e. The van der Waals surface area contributed by atoms with E-state index in [9.17, 15) is 0 Å². The van der Waals surface area contributed by atoms with Gasteiger partial charge in [0.15, 0.2) is 0 Å². The molecule has 8 unspecified atom stereocenters. The molecule has 8 bridgehead atoms. The van der Waals surface area contributed by atoms with Crippen molar-refractivity contribution in [3.8, 4) is 0 Å². The molecule has 0 spiro atoms. The van der Waals surface area contributed by atoms with E-state index in [1.54, 1.807) is 0 Å². The highest BCUT2D eigenvalue weighted by molar-refractivity contribution is 15.0. The lowest BCUT2D eigenvalue weighted by Crippen LogP contribution is -3.47. The van der Waals surface area contributed by atoms with Crippen molar-refractivity contribution in [3.05, 3.63) is 0 Å². The first-order valence-electron chi connectivity index (χ1n) is 18.3. The van der Waals surface area contributed by atoms with Gasteiger partial charge in [0, 0.05) is 116 Å². The van der Waals surface area contributed by atoms with Crippen LogP contribution < -0.4 is 46.8 Å². The fraction of sp³-hybridized carbons (Fsp3) is 1.00. The molecular formula is C33H70I7N8. The van der Waals surface area contributed by atoms with Gasteiger partial charge in [0.2, 0.25) is 0 Å². The Morgan fingerprint density at radius 3 is 1.44 bits per heavy atom. The van der Waals surface area contributed by atoms with Crippen LogP contribution in [0.15, 0.2) is 0 Å². The molecule has 8 atom stereocenters. The van der Waals surface area contributed by atoms with Crippen LogP contribution in [0.5, 0.6) is 0 Å². The minimum absolute atomic E-state index is 0. The molecule has 6 aliphatic heterocycles. The van der Waals surface area contributed by atoms with Crippen molar-refractivity contribution in [2.75, 3.05) is 147 Å². The fourth-order valence-electron chi connectivity index (χ4n) is 7.78. The number of nitrogens with zero attached hydrogens (tertiary/aromatic N) is 8. The summed E-state index contributed by atoms with van der Waals surface area (Å²) < 4.78 is 3.95. The second kappa shape index (κ2) is 31.8. The molecule has 15 heteroatoms. The molecule has 291 valence electrons. The summed E-state index contributed by atoms with van der Waals surface area (Å²) in [5.41, 5.74) is 0. The molecule has 0 N–H and O–H groups in total. The lowest BCUT2D eigenvalue weighted by Gasteiger charge is -2.54. The summed E-state index contributed by atoms with van der Waals surface area (Å²) in [4.78, 5) is 18.0. The van der Waals surface area contributed by atoms with Crippen molar-refractivity contribution in [1.82, 2.24) is 29.4 Å². The first kappa shape index (κ1) is 52.8. The minimum atomic E-state index is 0. The second-order valence-corrected chi connectivity index (χ2v) is 17.2. The third-order valence-corrected chi connectivity index (χ3v) is 12.5. The van der Waals surface area contributed by atoms with Gasteiger partial charge in [0.05, 0.1) is 59.2 Å². The van der Waals surface area contributed by atoms with Crippen molar-refractivity contribution >= 4 is 106 Å². The summed E-state index contributed by atoms with van der Waals surface area (Å²) in [6.07, 6.45) is 11.0. The number of rotatable bonds is 5. The molecule has 6 saturated heterocycles. The molecule has 6 heterocycles. The maximum Gasteiger partial charge on any atom is 0.135 e. The molecule has 6 aliphatic rings. The quantitative estimate of drug-likeness (QED) is 0.175. The third kappa shape index (κ3) is 20.8. The van der Waals surface area contributed by atoms with Crippen LogP contribution in [0.3, 0.4) is 0 Å². The van der Waals surface area contributed by atoms with Gasteiger partial charge in [-0.3, -0.25) is 29.4 Å². The highest BCUT2D eigenvalue weighted by Crippen LogP contribution is 2.21. The molecule has 6 rings (SSSR count). The summed E-state index contributed by atoms with van der Waals surface area (Å²) in [5, 5.41) is 0. The zero-order valence-electron chi connectivity index (χ0n) is 30.5. The molecule has 48 heavy (non-hydrogen) atoms. The van der Waals surface area contributed by atoms with E-state index < -0.39 is 0 Å². The van der Waals surface area contributed by atoms with Crippen LogP contribution in [0.1, 0.15) is 65.2 Å². The molecule has 0 aromatic heterocycles. The van der Waals surface area contributed by atoms with Gasteiger partial charge in [-0.15, -0.1) is 24.0 Å². The van der Waals surface area contributed by atoms with Gasteiger partial charge >= 0.3 is 0 Å². The molecule has 0 aliphatic carbocycles. The predicted octanol–water partition coefficient (Wildman–Crippen LogP) is 0.825. The summed E-state index contributed by atoms with van der Waals surface area (Å²) in [5.74, 6) is 0. The Hall–Kier alpha value is 4.79. The Labute approximate surface area is 396 Å². The van der Waals surface area contributed by atoms with Crippen LogP contribution in [0.2, 0.25) is 0 Å². The van der Waals surface area contributed by atoms with Crippen molar-refractivity contribution in [3.63, 3.8) is 0 Å². The number of unbranched alkanes of at least 4 members (excludes halogenated alkanes) is 2. The van der Waals surface area contributed by atoms with Crippen LogP contribution in [-0.2, 0) is 0 Å². The number of hydrogen-bond acceptors (Lipinski definition) is 6. The molecule has 1 radical (unpaired) electrons. The molecule has 0 saturated carbocycles. The van der Waals surface area contributed by atoms with E-state index >= 15 is 0 Å².